The van der Waals surface area contributed by atoms with Gasteiger partial charge in [-0.25, -0.2) is 0 Å². The van der Waals surface area contributed by atoms with Crippen LogP contribution in [0.2, 0.25) is 0 Å². The SMILES string of the molecule is COc1cccc(CN(C)C2CCCCC2)c1N. The first kappa shape index (κ1) is 13.2. The molecule has 1 aromatic carbocycles. The highest BCUT2D eigenvalue weighted by atomic mass is 16.5. The predicted molar refractivity (Wildman–Crippen MR) is 75.7 cm³/mol. The second kappa shape index (κ2) is 6.10. The summed E-state index contributed by atoms with van der Waals surface area (Å²) in [5.41, 5.74) is 8.07. The van der Waals surface area contributed by atoms with E-state index in [1.807, 2.05) is 12.1 Å². The number of para-hydroxylation sites is 1. The molecule has 1 aliphatic carbocycles. The van der Waals surface area contributed by atoms with E-state index in [1.165, 1.54) is 37.7 Å². The molecule has 0 bridgehead atoms. The molecule has 3 heteroatoms. The molecule has 1 fully saturated rings. The van der Waals surface area contributed by atoms with E-state index < -0.39 is 0 Å². The summed E-state index contributed by atoms with van der Waals surface area (Å²) in [6, 6.07) is 6.74. The van der Waals surface area contributed by atoms with Crippen LogP contribution in [0.3, 0.4) is 0 Å². The largest absolute Gasteiger partial charge is 0.495 e. The lowest BCUT2D eigenvalue weighted by Crippen LogP contribution is -2.33. The van der Waals surface area contributed by atoms with Crippen LogP contribution in [0.4, 0.5) is 5.69 Å². The zero-order chi connectivity index (χ0) is 13.0. The molecular formula is C15H24N2O. The zero-order valence-electron chi connectivity index (χ0n) is 11.5. The molecule has 18 heavy (non-hydrogen) atoms. The number of anilines is 1. The summed E-state index contributed by atoms with van der Waals surface area (Å²) in [4.78, 5) is 2.43. The van der Waals surface area contributed by atoms with Gasteiger partial charge in [0.15, 0.2) is 0 Å². The second-order valence-electron chi connectivity index (χ2n) is 5.24. The fourth-order valence-electron chi connectivity index (χ4n) is 2.82. The number of hydrogen-bond donors (Lipinski definition) is 1. The normalized spacial score (nSPS) is 17.1. The summed E-state index contributed by atoms with van der Waals surface area (Å²) in [5.74, 6) is 0.782. The van der Waals surface area contributed by atoms with Crippen LogP contribution in [0.15, 0.2) is 18.2 Å². The van der Waals surface area contributed by atoms with E-state index in [2.05, 4.69) is 18.0 Å². The Morgan fingerprint density at radius 1 is 1.28 bits per heavy atom. The summed E-state index contributed by atoms with van der Waals surface area (Å²) in [6.45, 7) is 0.910. The molecule has 0 aromatic heterocycles. The van der Waals surface area contributed by atoms with Gasteiger partial charge in [0.1, 0.15) is 5.75 Å². The first-order valence-corrected chi connectivity index (χ1v) is 6.84. The molecule has 0 atom stereocenters. The molecule has 0 spiro atoms. The zero-order valence-corrected chi connectivity index (χ0v) is 11.5. The molecule has 2 rings (SSSR count). The molecule has 0 aliphatic heterocycles. The van der Waals surface area contributed by atoms with Gasteiger partial charge in [0.25, 0.3) is 0 Å². The van der Waals surface area contributed by atoms with Gasteiger partial charge in [0.2, 0.25) is 0 Å². The van der Waals surface area contributed by atoms with Crippen molar-refractivity contribution in [2.24, 2.45) is 0 Å². The van der Waals surface area contributed by atoms with E-state index in [1.54, 1.807) is 7.11 Å². The lowest BCUT2D eigenvalue weighted by Gasteiger charge is -2.31. The molecule has 3 nitrogen and oxygen atoms in total. The van der Waals surface area contributed by atoms with Gasteiger partial charge >= 0.3 is 0 Å². The molecular weight excluding hydrogens is 224 g/mol. The second-order valence-corrected chi connectivity index (χ2v) is 5.24. The molecule has 0 amide bonds. The number of nitrogens with zero attached hydrogens (tertiary/aromatic N) is 1. The van der Waals surface area contributed by atoms with Crippen molar-refractivity contribution < 1.29 is 4.74 Å². The van der Waals surface area contributed by atoms with Gasteiger partial charge in [0.05, 0.1) is 12.8 Å². The van der Waals surface area contributed by atoms with Crippen LogP contribution in [0, 0.1) is 0 Å². The van der Waals surface area contributed by atoms with Gasteiger partial charge in [-0.05, 0) is 31.5 Å². The highest BCUT2D eigenvalue weighted by Gasteiger charge is 2.19. The van der Waals surface area contributed by atoms with Crippen LogP contribution < -0.4 is 10.5 Å². The Bertz CT molecular complexity index is 386. The van der Waals surface area contributed by atoms with E-state index in [0.717, 1.165) is 18.0 Å². The molecule has 2 N–H and O–H groups in total. The Morgan fingerprint density at radius 3 is 2.67 bits per heavy atom. The van der Waals surface area contributed by atoms with Crippen molar-refractivity contribution in [2.75, 3.05) is 19.9 Å². The maximum atomic E-state index is 6.12. The highest BCUT2D eigenvalue weighted by Crippen LogP contribution is 2.28. The minimum atomic E-state index is 0.712. The van der Waals surface area contributed by atoms with Gasteiger partial charge in [-0.15, -0.1) is 0 Å². The number of nitrogens with two attached hydrogens (primary N) is 1. The van der Waals surface area contributed by atoms with Crippen LogP contribution in [0.1, 0.15) is 37.7 Å². The van der Waals surface area contributed by atoms with Crippen LogP contribution in [0.25, 0.3) is 0 Å². The summed E-state index contributed by atoms with van der Waals surface area (Å²) in [5, 5.41) is 0. The van der Waals surface area contributed by atoms with Gasteiger partial charge < -0.3 is 10.5 Å². The fraction of sp³-hybridized carbons (Fsp3) is 0.600. The van der Waals surface area contributed by atoms with Gasteiger partial charge in [-0.1, -0.05) is 31.4 Å². The van der Waals surface area contributed by atoms with Crippen LogP contribution in [0.5, 0.6) is 5.75 Å². The van der Waals surface area contributed by atoms with E-state index in [9.17, 15) is 0 Å². The van der Waals surface area contributed by atoms with Crippen molar-refractivity contribution in [1.82, 2.24) is 4.90 Å². The Morgan fingerprint density at radius 2 is 2.00 bits per heavy atom. The van der Waals surface area contributed by atoms with Crippen molar-refractivity contribution in [1.29, 1.82) is 0 Å². The predicted octanol–water partition coefficient (Wildman–Crippen LogP) is 3.04. The van der Waals surface area contributed by atoms with E-state index >= 15 is 0 Å². The topological polar surface area (TPSA) is 38.5 Å². The minimum absolute atomic E-state index is 0.712. The lowest BCUT2D eigenvalue weighted by molar-refractivity contribution is 0.185. The van der Waals surface area contributed by atoms with E-state index in [4.69, 9.17) is 10.5 Å². The van der Waals surface area contributed by atoms with E-state index in [-0.39, 0.29) is 0 Å². The smallest absolute Gasteiger partial charge is 0.142 e. The summed E-state index contributed by atoms with van der Waals surface area (Å²) in [6.07, 6.45) is 6.76. The molecule has 0 radical (unpaired) electrons. The van der Waals surface area contributed by atoms with Gasteiger partial charge in [-0.2, -0.15) is 0 Å². The summed E-state index contributed by atoms with van der Waals surface area (Å²) < 4.78 is 5.27. The average Bonchev–Trinajstić information content (AvgIpc) is 2.42. The standard InChI is InChI=1S/C15H24N2O/c1-17(13-8-4-3-5-9-13)11-12-7-6-10-14(18-2)15(12)16/h6-7,10,13H,3-5,8-9,11,16H2,1-2H3. The maximum Gasteiger partial charge on any atom is 0.142 e. The number of methoxy groups -OCH3 is 1. The van der Waals surface area contributed by atoms with Crippen LogP contribution in [-0.2, 0) is 6.54 Å². The maximum absolute atomic E-state index is 6.12. The van der Waals surface area contributed by atoms with Gasteiger partial charge in [-0.3, -0.25) is 4.90 Å². The summed E-state index contributed by atoms with van der Waals surface area (Å²) in [7, 11) is 3.87. The van der Waals surface area contributed by atoms with Crippen LogP contribution in [-0.4, -0.2) is 25.1 Å². The van der Waals surface area contributed by atoms with E-state index in [0.29, 0.717) is 6.04 Å². The Labute approximate surface area is 110 Å². The number of benzene rings is 1. The molecule has 100 valence electrons. The Kier molecular flexibility index (Phi) is 4.48. The van der Waals surface area contributed by atoms with Crippen molar-refractivity contribution in [3.8, 4) is 5.75 Å². The first-order valence-electron chi connectivity index (χ1n) is 6.84. The monoisotopic (exact) mass is 248 g/mol. The fourth-order valence-corrected chi connectivity index (χ4v) is 2.82. The third-order valence-electron chi connectivity index (χ3n) is 3.99. The van der Waals surface area contributed by atoms with Crippen molar-refractivity contribution >= 4 is 5.69 Å². The number of rotatable bonds is 4. The van der Waals surface area contributed by atoms with Gasteiger partial charge in [0, 0.05) is 12.6 Å². The quantitative estimate of drug-likeness (QED) is 0.832. The average molecular weight is 248 g/mol. The number of nitrogen functional groups attached to an aromatic ring is 1. The molecule has 0 heterocycles. The molecule has 1 aromatic rings. The Balaban J connectivity index is 2.04. The van der Waals surface area contributed by atoms with Crippen LogP contribution >= 0.6 is 0 Å². The molecule has 0 saturated heterocycles. The highest BCUT2D eigenvalue weighted by molar-refractivity contribution is 5.58. The molecule has 1 aliphatic rings. The lowest BCUT2D eigenvalue weighted by atomic mass is 9.94. The van der Waals surface area contributed by atoms with Crippen molar-refractivity contribution in [3.63, 3.8) is 0 Å². The molecule has 1 saturated carbocycles. The third-order valence-corrected chi connectivity index (χ3v) is 3.99. The van der Waals surface area contributed by atoms with Crippen molar-refractivity contribution in [3.05, 3.63) is 23.8 Å². The number of ether oxygens (including phenoxy) is 1. The Hall–Kier alpha value is -1.22. The van der Waals surface area contributed by atoms with Crippen molar-refractivity contribution in [2.45, 2.75) is 44.7 Å². The molecule has 0 unspecified atom stereocenters. The number of hydrogen-bond acceptors (Lipinski definition) is 3. The minimum Gasteiger partial charge on any atom is -0.495 e. The first-order chi connectivity index (χ1) is 8.72. The third kappa shape index (κ3) is 2.96. The summed E-state index contributed by atoms with van der Waals surface area (Å²) >= 11 is 0.